The highest BCUT2D eigenvalue weighted by atomic mass is 32.2. The molecule has 0 amide bonds. The van der Waals surface area contributed by atoms with E-state index >= 15 is 0 Å². The van der Waals surface area contributed by atoms with Crippen molar-refractivity contribution in [2.45, 2.75) is 30.6 Å². The van der Waals surface area contributed by atoms with E-state index in [0.29, 0.717) is 11.7 Å². The first-order chi connectivity index (χ1) is 7.25. The van der Waals surface area contributed by atoms with E-state index in [1.807, 2.05) is 17.8 Å². The molecule has 1 aromatic rings. The molecule has 1 N–H and O–H groups in total. The predicted molar refractivity (Wildman–Crippen MR) is 61.6 cm³/mol. The van der Waals surface area contributed by atoms with Crippen molar-refractivity contribution >= 4 is 11.8 Å². The van der Waals surface area contributed by atoms with Crippen LogP contribution in [0.15, 0.2) is 24.3 Å². The Morgan fingerprint density at radius 1 is 1.53 bits per heavy atom. The number of thioether (sulfide) groups is 1. The lowest BCUT2D eigenvalue weighted by Crippen LogP contribution is -2.23. The number of aliphatic hydroxyl groups is 1. The van der Waals surface area contributed by atoms with Crippen LogP contribution in [0, 0.1) is 5.82 Å². The summed E-state index contributed by atoms with van der Waals surface area (Å²) in [5.74, 6) is 0.920. The molecule has 15 heavy (non-hydrogen) atoms. The molecule has 1 aliphatic heterocycles. The summed E-state index contributed by atoms with van der Waals surface area (Å²) >= 11 is 1.83. The Hall–Kier alpha value is -0.540. The lowest BCUT2D eigenvalue weighted by Gasteiger charge is -2.16. The summed E-state index contributed by atoms with van der Waals surface area (Å²) in [7, 11) is 0. The van der Waals surface area contributed by atoms with Gasteiger partial charge in [0.15, 0.2) is 0 Å². The zero-order valence-corrected chi connectivity index (χ0v) is 9.34. The van der Waals surface area contributed by atoms with Gasteiger partial charge in [-0.1, -0.05) is 12.1 Å². The molecule has 0 bridgehead atoms. The highest BCUT2D eigenvalue weighted by molar-refractivity contribution is 8.00. The quantitative estimate of drug-likeness (QED) is 0.855. The third-order valence-corrected chi connectivity index (χ3v) is 4.23. The highest BCUT2D eigenvalue weighted by Gasteiger charge is 2.23. The standard InChI is InChI=1S/C12H15FOS/c13-10-4-1-3-9(7-10)8-11(14)12-5-2-6-15-12/h1,3-4,7,11-12,14H,2,5-6,8H2. The summed E-state index contributed by atoms with van der Waals surface area (Å²) < 4.78 is 12.9. The molecule has 2 atom stereocenters. The molecule has 0 saturated carbocycles. The van der Waals surface area contributed by atoms with E-state index in [1.54, 1.807) is 6.07 Å². The molecule has 1 aromatic carbocycles. The van der Waals surface area contributed by atoms with Crippen LogP contribution in [0.1, 0.15) is 18.4 Å². The highest BCUT2D eigenvalue weighted by Crippen LogP contribution is 2.30. The van der Waals surface area contributed by atoms with E-state index in [4.69, 9.17) is 0 Å². The van der Waals surface area contributed by atoms with Crippen LogP contribution in [0.5, 0.6) is 0 Å². The summed E-state index contributed by atoms with van der Waals surface area (Å²) in [4.78, 5) is 0. The van der Waals surface area contributed by atoms with Gasteiger partial charge in [0.1, 0.15) is 5.82 Å². The molecular weight excluding hydrogens is 211 g/mol. The first-order valence-corrected chi connectivity index (χ1v) is 6.35. The number of rotatable bonds is 3. The second kappa shape index (κ2) is 4.99. The van der Waals surface area contributed by atoms with Crippen LogP contribution < -0.4 is 0 Å². The van der Waals surface area contributed by atoms with Crippen molar-refractivity contribution in [2.75, 3.05) is 5.75 Å². The molecule has 82 valence electrons. The molecule has 0 aromatic heterocycles. The van der Waals surface area contributed by atoms with E-state index in [2.05, 4.69) is 0 Å². The molecule has 1 nitrogen and oxygen atoms in total. The van der Waals surface area contributed by atoms with Gasteiger partial charge < -0.3 is 5.11 Å². The van der Waals surface area contributed by atoms with E-state index in [9.17, 15) is 9.50 Å². The average molecular weight is 226 g/mol. The minimum atomic E-state index is -0.334. The monoisotopic (exact) mass is 226 g/mol. The van der Waals surface area contributed by atoms with Crippen LogP contribution in [0.25, 0.3) is 0 Å². The fraction of sp³-hybridized carbons (Fsp3) is 0.500. The number of benzene rings is 1. The van der Waals surface area contributed by atoms with E-state index < -0.39 is 0 Å². The van der Waals surface area contributed by atoms with Crippen molar-refractivity contribution < 1.29 is 9.50 Å². The van der Waals surface area contributed by atoms with Crippen LogP contribution in [-0.4, -0.2) is 22.2 Å². The van der Waals surface area contributed by atoms with Crippen molar-refractivity contribution in [2.24, 2.45) is 0 Å². The average Bonchev–Trinajstić information content (AvgIpc) is 2.70. The first-order valence-electron chi connectivity index (χ1n) is 5.30. The summed E-state index contributed by atoms with van der Waals surface area (Å²) in [6.07, 6.45) is 2.51. The molecule has 2 unspecified atom stereocenters. The van der Waals surface area contributed by atoms with Crippen LogP contribution in [0.4, 0.5) is 4.39 Å². The third kappa shape index (κ3) is 2.95. The predicted octanol–water partition coefficient (Wildman–Crippen LogP) is 2.62. The SMILES string of the molecule is OC(Cc1cccc(F)c1)C1CCCS1. The van der Waals surface area contributed by atoms with Crippen LogP contribution in [-0.2, 0) is 6.42 Å². The second-order valence-corrected chi connectivity index (χ2v) is 5.30. The Morgan fingerprint density at radius 3 is 3.07 bits per heavy atom. The topological polar surface area (TPSA) is 20.2 Å². The zero-order valence-electron chi connectivity index (χ0n) is 8.53. The Bertz CT molecular complexity index is 323. The summed E-state index contributed by atoms with van der Waals surface area (Å²) in [5, 5.41) is 10.3. The van der Waals surface area contributed by atoms with Crippen molar-refractivity contribution in [3.8, 4) is 0 Å². The maximum atomic E-state index is 12.9. The lowest BCUT2D eigenvalue weighted by atomic mass is 10.0. The van der Waals surface area contributed by atoms with Gasteiger partial charge in [-0.15, -0.1) is 0 Å². The van der Waals surface area contributed by atoms with Crippen LogP contribution in [0.3, 0.4) is 0 Å². The van der Waals surface area contributed by atoms with Gasteiger partial charge in [0.25, 0.3) is 0 Å². The van der Waals surface area contributed by atoms with E-state index in [-0.39, 0.29) is 11.9 Å². The molecule has 0 radical (unpaired) electrons. The molecular formula is C12H15FOS. The van der Waals surface area contributed by atoms with Gasteiger partial charge in [-0.25, -0.2) is 4.39 Å². The van der Waals surface area contributed by atoms with Gasteiger partial charge in [0.05, 0.1) is 6.10 Å². The zero-order chi connectivity index (χ0) is 10.7. The molecule has 1 heterocycles. The van der Waals surface area contributed by atoms with Crippen molar-refractivity contribution in [3.63, 3.8) is 0 Å². The molecule has 2 rings (SSSR count). The maximum Gasteiger partial charge on any atom is 0.123 e. The van der Waals surface area contributed by atoms with E-state index in [1.165, 1.54) is 18.6 Å². The van der Waals surface area contributed by atoms with Crippen molar-refractivity contribution in [3.05, 3.63) is 35.6 Å². The van der Waals surface area contributed by atoms with Crippen molar-refractivity contribution in [1.29, 1.82) is 0 Å². The minimum absolute atomic E-state index is 0.223. The van der Waals surface area contributed by atoms with Crippen molar-refractivity contribution in [1.82, 2.24) is 0 Å². The number of halogens is 1. The third-order valence-electron chi connectivity index (χ3n) is 2.73. The molecule has 0 spiro atoms. The molecule has 1 fully saturated rings. The number of aliphatic hydroxyl groups excluding tert-OH is 1. The fourth-order valence-electron chi connectivity index (χ4n) is 1.94. The number of hydrogen-bond acceptors (Lipinski definition) is 2. The van der Waals surface area contributed by atoms with Gasteiger partial charge in [-0.05, 0) is 42.7 Å². The van der Waals surface area contributed by atoms with Gasteiger partial charge in [0, 0.05) is 5.25 Å². The lowest BCUT2D eigenvalue weighted by molar-refractivity contribution is 0.170. The Morgan fingerprint density at radius 2 is 2.40 bits per heavy atom. The largest absolute Gasteiger partial charge is 0.392 e. The Balaban J connectivity index is 1.95. The van der Waals surface area contributed by atoms with Gasteiger partial charge in [-0.3, -0.25) is 0 Å². The summed E-state index contributed by atoms with van der Waals surface area (Å²) in [5.41, 5.74) is 0.884. The number of hydrogen-bond donors (Lipinski definition) is 1. The molecule has 3 heteroatoms. The summed E-state index contributed by atoms with van der Waals surface area (Å²) in [6.45, 7) is 0. The first kappa shape index (κ1) is 11.0. The molecule has 0 aliphatic carbocycles. The molecule has 1 aliphatic rings. The maximum absolute atomic E-state index is 12.9. The second-order valence-electron chi connectivity index (χ2n) is 3.95. The molecule has 1 saturated heterocycles. The normalized spacial score (nSPS) is 22.9. The van der Waals surface area contributed by atoms with Gasteiger partial charge >= 0.3 is 0 Å². The Labute approximate surface area is 93.7 Å². The van der Waals surface area contributed by atoms with Crippen LogP contribution >= 0.6 is 11.8 Å². The van der Waals surface area contributed by atoms with E-state index in [0.717, 1.165) is 17.7 Å². The summed E-state index contributed by atoms with van der Waals surface area (Å²) in [6, 6.07) is 6.49. The smallest absolute Gasteiger partial charge is 0.123 e. The minimum Gasteiger partial charge on any atom is -0.392 e. The van der Waals surface area contributed by atoms with Gasteiger partial charge in [-0.2, -0.15) is 11.8 Å². The van der Waals surface area contributed by atoms with Crippen LogP contribution in [0.2, 0.25) is 0 Å². The van der Waals surface area contributed by atoms with Gasteiger partial charge in [0.2, 0.25) is 0 Å². The fourth-order valence-corrected chi connectivity index (χ4v) is 3.23. The Kier molecular flexibility index (Phi) is 3.65.